The molecule has 5 N–H and O–H groups in total. The van der Waals surface area contributed by atoms with Crippen molar-refractivity contribution in [1.29, 1.82) is 0 Å². The highest BCUT2D eigenvalue weighted by Crippen LogP contribution is 2.28. The standard InChI is InChI=1S/C8H15N5O4S/c1-16-6-5(9)7(17-2)13-8(12-6)11-3-4-18(10,14)15/h3-4,9H2,1-2H3,(H2,10,14,15)(H,11,12,13). The van der Waals surface area contributed by atoms with Crippen molar-refractivity contribution < 1.29 is 17.9 Å². The summed E-state index contributed by atoms with van der Waals surface area (Å²) in [5, 5.41) is 7.54. The van der Waals surface area contributed by atoms with Crippen molar-refractivity contribution in [2.75, 3.05) is 37.6 Å². The van der Waals surface area contributed by atoms with Gasteiger partial charge in [-0.3, -0.25) is 0 Å². The molecule has 0 amide bonds. The van der Waals surface area contributed by atoms with Crippen LogP contribution in [-0.4, -0.2) is 44.9 Å². The molecule has 0 fully saturated rings. The molecule has 9 nitrogen and oxygen atoms in total. The van der Waals surface area contributed by atoms with Gasteiger partial charge in [-0.2, -0.15) is 9.97 Å². The molecule has 0 radical (unpaired) electrons. The van der Waals surface area contributed by atoms with Gasteiger partial charge in [0.25, 0.3) is 0 Å². The van der Waals surface area contributed by atoms with E-state index in [0.29, 0.717) is 0 Å². The summed E-state index contributed by atoms with van der Waals surface area (Å²) in [7, 11) is -0.749. The molecular weight excluding hydrogens is 262 g/mol. The number of hydrogen-bond donors (Lipinski definition) is 3. The zero-order chi connectivity index (χ0) is 13.8. The first-order chi connectivity index (χ1) is 8.37. The largest absolute Gasteiger partial charge is 0.479 e. The molecule has 10 heteroatoms. The highest BCUT2D eigenvalue weighted by atomic mass is 32.2. The normalized spacial score (nSPS) is 11.1. The van der Waals surface area contributed by atoms with Gasteiger partial charge in [0.2, 0.25) is 27.7 Å². The number of nitrogens with one attached hydrogen (secondary N) is 1. The summed E-state index contributed by atoms with van der Waals surface area (Å²) in [6.07, 6.45) is 0. The second kappa shape index (κ2) is 5.69. The number of nitrogens with zero attached hydrogens (tertiary/aromatic N) is 2. The highest BCUT2D eigenvalue weighted by molar-refractivity contribution is 7.89. The van der Waals surface area contributed by atoms with Crippen LogP contribution in [0.3, 0.4) is 0 Å². The van der Waals surface area contributed by atoms with Crippen molar-refractivity contribution in [3.05, 3.63) is 0 Å². The summed E-state index contributed by atoms with van der Waals surface area (Å²) in [5.41, 5.74) is 5.82. The van der Waals surface area contributed by atoms with E-state index in [2.05, 4.69) is 15.3 Å². The molecule has 1 rings (SSSR count). The minimum atomic E-state index is -3.54. The van der Waals surface area contributed by atoms with Crippen LogP contribution in [0.5, 0.6) is 11.8 Å². The molecule has 0 spiro atoms. The van der Waals surface area contributed by atoms with Crippen molar-refractivity contribution in [3.63, 3.8) is 0 Å². The fraction of sp³-hybridized carbons (Fsp3) is 0.500. The summed E-state index contributed by atoms with van der Waals surface area (Å²) in [4.78, 5) is 7.87. The summed E-state index contributed by atoms with van der Waals surface area (Å²) in [6.45, 7) is 0.0645. The van der Waals surface area contributed by atoms with E-state index >= 15 is 0 Å². The molecular formula is C8H15N5O4S. The Morgan fingerprint density at radius 1 is 1.22 bits per heavy atom. The molecule has 1 aromatic rings. The number of aromatic nitrogens is 2. The van der Waals surface area contributed by atoms with E-state index in [1.54, 1.807) is 0 Å². The second-order valence-electron chi connectivity index (χ2n) is 3.27. The Balaban J connectivity index is 2.83. The number of nitrogen functional groups attached to an aromatic ring is 1. The lowest BCUT2D eigenvalue weighted by atomic mass is 10.5. The van der Waals surface area contributed by atoms with Gasteiger partial charge in [0.1, 0.15) is 0 Å². The lowest BCUT2D eigenvalue weighted by Gasteiger charge is -2.10. The summed E-state index contributed by atoms with van der Waals surface area (Å²) in [5.74, 6) is 0.173. The van der Waals surface area contributed by atoms with E-state index in [-0.39, 0.29) is 35.7 Å². The Kier molecular flexibility index (Phi) is 4.50. The van der Waals surface area contributed by atoms with E-state index < -0.39 is 10.0 Å². The third-order valence-electron chi connectivity index (χ3n) is 1.93. The average molecular weight is 277 g/mol. The fourth-order valence-corrected chi connectivity index (χ4v) is 1.51. The zero-order valence-corrected chi connectivity index (χ0v) is 10.8. The molecule has 0 aliphatic heterocycles. The fourth-order valence-electron chi connectivity index (χ4n) is 1.12. The maximum absolute atomic E-state index is 10.7. The Hall–Kier alpha value is -1.81. The van der Waals surface area contributed by atoms with E-state index in [4.69, 9.17) is 20.3 Å². The number of rotatable bonds is 6. The average Bonchev–Trinajstić information content (AvgIpc) is 2.29. The molecule has 0 aliphatic carbocycles. The summed E-state index contributed by atoms with van der Waals surface area (Å²) >= 11 is 0. The minimum absolute atomic E-state index is 0.0645. The summed E-state index contributed by atoms with van der Waals surface area (Å²) < 4.78 is 31.4. The van der Waals surface area contributed by atoms with Crippen LogP contribution in [0.4, 0.5) is 11.6 Å². The van der Waals surface area contributed by atoms with Crippen LogP contribution >= 0.6 is 0 Å². The molecule has 102 valence electrons. The summed E-state index contributed by atoms with van der Waals surface area (Å²) in [6, 6.07) is 0. The van der Waals surface area contributed by atoms with Crippen LogP contribution in [0.2, 0.25) is 0 Å². The van der Waals surface area contributed by atoms with Gasteiger partial charge in [0.15, 0.2) is 5.69 Å². The SMILES string of the molecule is COc1nc(NCCS(N)(=O)=O)nc(OC)c1N. The maximum Gasteiger partial charge on any atom is 0.245 e. The van der Waals surface area contributed by atoms with Crippen LogP contribution in [0.25, 0.3) is 0 Å². The van der Waals surface area contributed by atoms with Gasteiger partial charge in [0, 0.05) is 6.54 Å². The van der Waals surface area contributed by atoms with Crippen LogP contribution in [0, 0.1) is 0 Å². The van der Waals surface area contributed by atoms with Crippen LogP contribution < -0.4 is 25.7 Å². The predicted molar refractivity (Wildman–Crippen MR) is 66.0 cm³/mol. The first-order valence-electron chi connectivity index (χ1n) is 4.87. The number of anilines is 2. The van der Waals surface area contributed by atoms with Gasteiger partial charge in [-0.05, 0) is 0 Å². The number of nitrogens with two attached hydrogens (primary N) is 2. The van der Waals surface area contributed by atoms with Gasteiger partial charge in [-0.1, -0.05) is 0 Å². The predicted octanol–water partition coefficient (Wildman–Crippen LogP) is -1.22. The lowest BCUT2D eigenvalue weighted by Crippen LogP contribution is -2.23. The smallest absolute Gasteiger partial charge is 0.245 e. The zero-order valence-electron chi connectivity index (χ0n) is 10.0. The molecule has 18 heavy (non-hydrogen) atoms. The highest BCUT2D eigenvalue weighted by Gasteiger charge is 2.13. The van der Waals surface area contributed by atoms with E-state index in [1.165, 1.54) is 14.2 Å². The maximum atomic E-state index is 10.7. The Morgan fingerprint density at radius 2 is 1.72 bits per heavy atom. The monoisotopic (exact) mass is 277 g/mol. The van der Waals surface area contributed by atoms with Gasteiger partial charge >= 0.3 is 0 Å². The molecule has 1 aromatic heterocycles. The quantitative estimate of drug-likeness (QED) is 0.587. The molecule has 0 saturated heterocycles. The van der Waals surface area contributed by atoms with Gasteiger partial charge < -0.3 is 20.5 Å². The van der Waals surface area contributed by atoms with E-state index in [9.17, 15) is 8.42 Å². The number of methoxy groups -OCH3 is 2. The number of hydrogen-bond acceptors (Lipinski definition) is 8. The topological polar surface area (TPSA) is 142 Å². The van der Waals surface area contributed by atoms with Crippen molar-refractivity contribution in [1.82, 2.24) is 9.97 Å². The van der Waals surface area contributed by atoms with Crippen molar-refractivity contribution in [2.45, 2.75) is 0 Å². The van der Waals surface area contributed by atoms with Crippen LogP contribution in [0.1, 0.15) is 0 Å². The van der Waals surface area contributed by atoms with E-state index in [1.807, 2.05) is 0 Å². The van der Waals surface area contributed by atoms with Crippen LogP contribution in [-0.2, 0) is 10.0 Å². The third kappa shape index (κ3) is 3.89. The molecule has 0 bridgehead atoms. The Labute approximate surface area is 105 Å². The molecule has 1 heterocycles. The molecule has 0 aromatic carbocycles. The molecule has 0 aliphatic rings. The molecule has 0 atom stereocenters. The Morgan fingerprint density at radius 3 is 2.11 bits per heavy atom. The van der Waals surface area contributed by atoms with Gasteiger partial charge in [-0.15, -0.1) is 0 Å². The first-order valence-corrected chi connectivity index (χ1v) is 6.58. The minimum Gasteiger partial charge on any atom is -0.479 e. The number of ether oxygens (including phenoxy) is 2. The third-order valence-corrected chi connectivity index (χ3v) is 2.71. The van der Waals surface area contributed by atoms with Gasteiger partial charge in [-0.25, -0.2) is 13.6 Å². The molecule has 0 saturated carbocycles. The van der Waals surface area contributed by atoms with E-state index in [0.717, 1.165) is 0 Å². The van der Waals surface area contributed by atoms with Crippen molar-refractivity contribution >= 4 is 21.7 Å². The first kappa shape index (κ1) is 14.3. The molecule has 0 unspecified atom stereocenters. The van der Waals surface area contributed by atoms with Gasteiger partial charge in [0.05, 0.1) is 20.0 Å². The lowest BCUT2D eigenvalue weighted by molar-refractivity contribution is 0.377. The van der Waals surface area contributed by atoms with Crippen LogP contribution in [0.15, 0.2) is 0 Å². The van der Waals surface area contributed by atoms with Crippen molar-refractivity contribution in [3.8, 4) is 11.8 Å². The van der Waals surface area contributed by atoms with Crippen molar-refractivity contribution in [2.24, 2.45) is 5.14 Å². The second-order valence-corrected chi connectivity index (χ2v) is 5.01. The number of sulfonamides is 1. The number of primary sulfonamides is 1. The Bertz CT molecular complexity index is 493.